The van der Waals surface area contributed by atoms with Crippen LogP contribution in [0.25, 0.3) is 0 Å². The first-order valence-corrected chi connectivity index (χ1v) is 5.36. The third-order valence-corrected chi connectivity index (χ3v) is 3.17. The van der Waals surface area contributed by atoms with Crippen molar-refractivity contribution in [1.29, 1.82) is 0 Å². The fourth-order valence-corrected chi connectivity index (χ4v) is 2.35. The fourth-order valence-electron chi connectivity index (χ4n) is 2.35. The Morgan fingerprint density at radius 1 is 0.800 bits per heavy atom. The minimum Gasteiger partial charge on any atom is -0.381 e. The summed E-state index contributed by atoms with van der Waals surface area (Å²) in [7, 11) is 6.83. The van der Waals surface area contributed by atoms with Gasteiger partial charge in [0, 0.05) is 34.4 Å². The van der Waals surface area contributed by atoms with Crippen molar-refractivity contribution in [3.63, 3.8) is 0 Å². The van der Waals surface area contributed by atoms with E-state index in [-0.39, 0.29) is 18.5 Å². The van der Waals surface area contributed by atoms with Crippen LogP contribution in [-0.4, -0.2) is 46.9 Å². The summed E-state index contributed by atoms with van der Waals surface area (Å²) in [4.78, 5) is 0. The van der Waals surface area contributed by atoms with Gasteiger partial charge in [0.25, 0.3) is 0 Å². The maximum absolute atomic E-state index is 5.40. The highest BCUT2D eigenvalue weighted by molar-refractivity contribution is 4.81. The van der Waals surface area contributed by atoms with E-state index in [0.29, 0.717) is 5.92 Å². The van der Waals surface area contributed by atoms with Gasteiger partial charge in [0.2, 0.25) is 0 Å². The van der Waals surface area contributed by atoms with Gasteiger partial charge in [-0.2, -0.15) is 0 Å². The molecule has 2 atom stereocenters. The van der Waals surface area contributed by atoms with Crippen molar-refractivity contribution >= 4 is 0 Å². The summed E-state index contributed by atoms with van der Waals surface area (Å²) >= 11 is 0. The standard InChI is InChI=1S/C11H22O4/c1-12-9-5-8(11(14-3)15-4)6-10(7-9)13-2/h8-11H,5-7H2,1-4H3. The summed E-state index contributed by atoms with van der Waals surface area (Å²) in [5.41, 5.74) is 0. The minimum absolute atomic E-state index is 0.152. The van der Waals surface area contributed by atoms with Crippen molar-refractivity contribution in [2.24, 2.45) is 5.92 Å². The smallest absolute Gasteiger partial charge is 0.159 e. The molecule has 1 aliphatic carbocycles. The molecule has 4 nitrogen and oxygen atoms in total. The van der Waals surface area contributed by atoms with Gasteiger partial charge in [0.1, 0.15) is 0 Å². The van der Waals surface area contributed by atoms with Gasteiger partial charge in [-0.25, -0.2) is 0 Å². The number of methoxy groups -OCH3 is 4. The van der Waals surface area contributed by atoms with Crippen LogP contribution in [0.5, 0.6) is 0 Å². The Hall–Kier alpha value is -0.160. The molecule has 0 aromatic carbocycles. The van der Waals surface area contributed by atoms with Crippen LogP contribution >= 0.6 is 0 Å². The summed E-state index contributed by atoms with van der Waals surface area (Å²) < 4.78 is 21.4. The van der Waals surface area contributed by atoms with Crippen LogP contribution in [0.4, 0.5) is 0 Å². The van der Waals surface area contributed by atoms with E-state index in [2.05, 4.69) is 0 Å². The van der Waals surface area contributed by atoms with Crippen molar-refractivity contribution in [2.75, 3.05) is 28.4 Å². The zero-order valence-electron chi connectivity index (χ0n) is 10.1. The van der Waals surface area contributed by atoms with E-state index in [1.54, 1.807) is 28.4 Å². The lowest BCUT2D eigenvalue weighted by Crippen LogP contribution is -2.38. The van der Waals surface area contributed by atoms with Crippen LogP contribution in [0.2, 0.25) is 0 Å². The molecule has 0 aliphatic heterocycles. The van der Waals surface area contributed by atoms with Gasteiger partial charge in [-0.05, 0) is 19.3 Å². The van der Waals surface area contributed by atoms with Crippen LogP contribution in [0.15, 0.2) is 0 Å². The first-order chi connectivity index (χ1) is 7.24. The summed E-state index contributed by atoms with van der Waals surface area (Å²) in [6.45, 7) is 0. The summed E-state index contributed by atoms with van der Waals surface area (Å²) in [5, 5.41) is 0. The first kappa shape index (κ1) is 12.9. The van der Waals surface area contributed by atoms with E-state index in [4.69, 9.17) is 18.9 Å². The van der Waals surface area contributed by atoms with E-state index in [1.165, 1.54) is 0 Å². The molecule has 4 heteroatoms. The SMILES string of the molecule is COC1CC(OC)CC(C(OC)OC)C1. The Balaban J connectivity index is 2.55. The van der Waals surface area contributed by atoms with Gasteiger partial charge in [0.15, 0.2) is 6.29 Å². The third kappa shape index (κ3) is 3.41. The molecule has 0 bridgehead atoms. The molecule has 1 saturated carbocycles. The van der Waals surface area contributed by atoms with E-state index in [1.807, 2.05) is 0 Å². The highest BCUT2D eigenvalue weighted by Crippen LogP contribution is 2.31. The zero-order chi connectivity index (χ0) is 11.3. The summed E-state index contributed by atoms with van der Waals surface area (Å²) in [5.74, 6) is 0.351. The van der Waals surface area contributed by atoms with Crippen molar-refractivity contribution in [2.45, 2.75) is 37.8 Å². The summed E-state index contributed by atoms with van der Waals surface area (Å²) in [6.07, 6.45) is 3.26. The molecule has 0 radical (unpaired) electrons. The number of hydrogen-bond donors (Lipinski definition) is 0. The molecular weight excluding hydrogens is 196 g/mol. The third-order valence-electron chi connectivity index (χ3n) is 3.17. The van der Waals surface area contributed by atoms with Crippen LogP contribution in [0.1, 0.15) is 19.3 Å². The van der Waals surface area contributed by atoms with Gasteiger partial charge >= 0.3 is 0 Å². The lowest BCUT2D eigenvalue weighted by molar-refractivity contribution is -0.166. The Labute approximate surface area is 91.8 Å². The molecule has 1 fully saturated rings. The molecule has 2 unspecified atom stereocenters. The lowest BCUT2D eigenvalue weighted by atomic mass is 9.84. The predicted molar refractivity (Wildman–Crippen MR) is 56.7 cm³/mol. The van der Waals surface area contributed by atoms with Crippen LogP contribution in [0, 0.1) is 5.92 Å². The lowest BCUT2D eigenvalue weighted by Gasteiger charge is -2.36. The van der Waals surface area contributed by atoms with Crippen LogP contribution < -0.4 is 0 Å². The molecule has 0 aromatic heterocycles. The molecular formula is C11H22O4. The molecule has 0 saturated heterocycles. The Morgan fingerprint density at radius 3 is 1.60 bits per heavy atom. The molecule has 90 valence electrons. The van der Waals surface area contributed by atoms with Crippen LogP contribution in [0.3, 0.4) is 0 Å². The average Bonchev–Trinajstić information content (AvgIpc) is 2.30. The molecule has 0 amide bonds. The Bertz CT molecular complexity index is 158. The number of hydrogen-bond acceptors (Lipinski definition) is 4. The fraction of sp³-hybridized carbons (Fsp3) is 1.00. The molecule has 1 aliphatic rings. The van der Waals surface area contributed by atoms with E-state index in [0.717, 1.165) is 19.3 Å². The van der Waals surface area contributed by atoms with E-state index in [9.17, 15) is 0 Å². The molecule has 0 spiro atoms. The van der Waals surface area contributed by atoms with Crippen molar-refractivity contribution in [1.82, 2.24) is 0 Å². The van der Waals surface area contributed by atoms with Gasteiger partial charge in [-0.3, -0.25) is 0 Å². The summed E-state index contributed by atoms with van der Waals surface area (Å²) in [6, 6.07) is 0. The largest absolute Gasteiger partial charge is 0.381 e. The quantitative estimate of drug-likeness (QED) is 0.654. The van der Waals surface area contributed by atoms with Gasteiger partial charge in [0.05, 0.1) is 12.2 Å². The van der Waals surface area contributed by atoms with Gasteiger partial charge < -0.3 is 18.9 Å². The molecule has 1 rings (SSSR count). The predicted octanol–water partition coefficient (Wildman–Crippen LogP) is 1.44. The van der Waals surface area contributed by atoms with Crippen LogP contribution in [-0.2, 0) is 18.9 Å². The van der Waals surface area contributed by atoms with Gasteiger partial charge in [-0.15, -0.1) is 0 Å². The Kier molecular flexibility index (Phi) is 5.53. The van der Waals surface area contributed by atoms with Gasteiger partial charge in [-0.1, -0.05) is 0 Å². The second-order valence-electron chi connectivity index (χ2n) is 4.02. The van der Waals surface area contributed by atoms with Crippen molar-refractivity contribution < 1.29 is 18.9 Å². The zero-order valence-corrected chi connectivity index (χ0v) is 10.1. The monoisotopic (exact) mass is 218 g/mol. The van der Waals surface area contributed by atoms with Crippen molar-refractivity contribution in [3.8, 4) is 0 Å². The second-order valence-corrected chi connectivity index (χ2v) is 4.02. The molecule has 0 heterocycles. The highest BCUT2D eigenvalue weighted by atomic mass is 16.7. The first-order valence-electron chi connectivity index (χ1n) is 5.36. The second kappa shape index (κ2) is 6.43. The maximum atomic E-state index is 5.40. The Morgan fingerprint density at radius 2 is 1.27 bits per heavy atom. The highest BCUT2D eigenvalue weighted by Gasteiger charge is 2.33. The maximum Gasteiger partial charge on any atom is 0.159 e. The number of rotatable bonds is 5. The molecule has 0 aromatic rings. The van der Waals surface area contributed by atoms with Crippen molar-refractivity contribution in [3.05, 3.63) is 0 Å². The minimum atomic E-state index is -0.152. The molecule has 0 N–H and O–H groups in total. The number of ether oxygens (including phenoxy) is 4. The normalized spacial score (nSPS) is 32.2. The average molecular weight is 218 g/mol. The topological polar surface area (TPSA) is 36.9 Å². The van der Waals surface area contributed by atoms with E-state index < -0.39 is 0 Å². The van der Waals surface area contributed by atoms with E-state index >= 15 is 0 Å². The molecule has 15 heavy (non-hydrogen) atoms.